The summed E-state index contributed by atoms with van der Waals surface area (Å²) in [5.41, 5.74) is 1.01. The Balaban J connectivity index is 1.78. The number of halogens is 2. The molecule has 0 saturated carbocycles. The molecular weight excluding hydrogens is 305 g/mol. The van der Waals surface area contributed by atoms with E-state index in [4.69, 9.17) is 16.3 Å². The van der Waals surface area contributed by atoms with Crippen molar-refractivity contribution in [3.8, 4) is 0 Å². The molecule has 114 valence electrons. The molecule has 1 heterocycles. The van der Waals surface area contributed by atoms with E-state index in [0.717, 1.165) is 5.56 Å². The highest BCUT2D eigenvalue weighted by molar-refractivity contribution is 6.30. The van der Waals surface area contributed by atoms with Crippen molar-refractivity contribution >= 4 is 17.5 Å². The highest BCUT2D eigenvalue weighted by atomic mass is 35.5. The molecule has 0 N–H and O–H groups in total. The molecule has 1 atom stereocenters. The molecule has 1 unspecified atom stereocenters. The SMILES string of the molecule is O=C(c1ccccc1F)N1CCOC(c2cccc(Cl)c2)C1. The van der Waals surface area contributed by atoms with E-state index in [1.807, 2.05) is 18.2 Å². The molecule has 1 saturated heterocycles. The summed E-state index contributed by atoms with van der Waals surface area (Å²) in [5, 5.41) is 0.624. The molecule has 0 aromatic heterocycles. The molecule has 1 aliphatic heterocycles. The van der Waals surface area contributed by atoms with E-state index in [1.165, 1.54) is 12.1 Å². The van der Waals surface area contributed by atoms with Gasteiger partial charge in [0.15, 0.2) is 0 Å². The number of hydrogen-bond donors (Lipinski definition) is 0. The lowest BCUT2D eigenvalue weighted by Crippen LogP contribution is -2.42. The first-order chi connectivity index (χ1) is 10.6. The minimum absolute atomic E-state index is 0.0919. The highest BCUT2D eigenvalue weighted by Crippen LogP contribution is 2.25. The van der Waals surface area contributed by atoms with Gasteiger partial charge in [-0.1, -0.05) is 35.9 Å². The number of morpholine rings is 1. The van der Waals surface area contributed by atoms with Crippen LogP contribution in [0, 0.1) is 5.82 Å². The molecule has 22 heavy (non-hydrogen) atoms. The van der Waals surface area contributed by atoms with E-state index in [2.05, 4.69) is 0 Å². The van der Waals surface area contributed by atoms with Crippen LogP contribution in [-0.4, -0.2) is 30.5 Å². The number of benzene rings is 2. The molecule has 0 bridgehead atoms. The largest absolute Gasteiger partial charge is 0.370 e. The van der Waals surface area contributed by atoms with Gasteiger partial charge in [0.25, 0.3) is 5.91 Å². The third-order valence-electron chi connectivity index (χ3n) is 3.68. The van der Waals surface area contributed by atoms with Gasteiger partial charge in [-0.3, -0.25) is 4.79 Å². The maximum Gasteiger partial charge on any atom is 0.257 e. The molecule has 0 aliphatic carbocycles. The van der Waals surface area contributed by atoms with Crippen LogP contribution in [0.1, 0.15) is 22.0 Å². The molecule has 1 fully saturated rings. The topological polar surface area (TPSA) is 29.5 Å². The van der Waals surface area contributed by atoms with Crippen molar-refractivity contribution in [2.45, 2.75) is 6.10 Å². The molecular formula is C17H15ClFNO2. The van der Waals surface area contributed by atoms with Crippen molar-refractivity contribution < 1.29 is 13.9 Å². The predicted octanol–water partition coefficient (Wildman–Crippen LogP) is 3.69. The number of ether oxygens (including phenoxy) is 1. The van der Waals surface area contributed by atoms with Crippen LogP contribution in [0.25, 0.3) is 0 Å². The molecule has 2 aromatic rings. The van der Waals surface area contributed by atoms with Gasteiger partial charge in [0.05, 0.1) is 18.7 Å². The van der Waals surface area contributed by atoms with Gasteiger partial charge >= 0.3 is 0 Å². The minimum atomic E-state index is -0.502. The van der Waals surface area contributed by atoms with E-state index < -0.39 is 5.82 Å². The van der Waals surface area contributed by atoms with Crippen LogP contribution in [0.5, 0.6) is 0 Å². The Bertz CT molecular complexity index is 692. The van der Waals surface area contributed by atoms with Crippen LogP contribution >= 0.6 is 11.6 Å². The zero-order valence-corrected chi connectivity index (χ0v) is 12.6. The second kappa shape index (κ2) is 6.46. The van der Waals surface area contributed by atoms with Gasteiger partial charge in [-0.2, -0.15) is 0 Å². The molecule has 5 heteroatoms. The van der Waals surface area contributed by atoms with Crippen LogP contribution in [-0.2, 0) is 4.74 Å². The summed E-state index contributed by atoms with van der Waals surface area (Å²) < 4.78 is 19.5. The van der Waals surface area contributed by atoms with Crippen LogP contribution in [0.3, 0.4) is 0 Å². The first kappa shape index (κ1) is 15.0. The highest BCUT2D eigenvalue weighted by Gasteiger charge is 2.27. The normalized spacial score (nSPS) is 18.3. The Morgan fingerprint density at radius 1 is 1.23 bits per heavy atom. The Hall–Kier alpha value is -1.91. The quantitative estimate of drug-likeness (QED) is 0.845. The van der Waals surface area contributed by atoms with Crippen molar-refractivity contribution in [3.05, 3.63) is 70.5 Å². The second-order valence-corrected chi connectivity index (χ2v) is 5.58. The lowest BCUT2D eigenvalue weighted by molar-refractivity contribution is -0.0229. The van der Waals surface area contributed by atoms with Crippen LogP contribution in [0.15, 0.2) is 48.5 Å². The van der Waals surface area contributed by atoms with Crippen molar-refractivity contribution in [1.29, 1.82) is 0 Å². The summed E-state index contributed by atoms with van der Waals surface area (Å²) in [6.45, 7) is 1.25. The number of nitrogens with zero attached hydrogens (tertiary/aromatic N) is 1. The molecule has 0 spiro atoms. The Morgan fingerprint density at radius 3 is 2.82 bits per heavy atom. The second-order valence-electron chi connectivity index (χ2n) is 5.15. The van der Waals surface area contributed by atoms with Gasteiger partial charge in [-0.25, -0.2) is 4.39 Å². The average molecular weight is 320 g/mol. The molecule has 1 amide bonds. The summed E-state index contributed by atoms with van der Waals surface area (Å²) >= 11 is 5.99. The van der Waals surface area contributed by atoms with Gasteiger partial charge in [-0.05, 0) is 29.8 Å². The monoisotopic (exact) mass is 319 g/mol. The van der Waals surface area contributed by atoms with Crippen molar-refractivity contribution in [1.82, 2.24) is 4.90 Å². The number of carbonyl (C=O) groups is 1. The summed E-state index contributed by atoms with van der Waals surface area (Å²) in [5.74, 6) is -0.813. The van der Waals surface area contributed by atoms with E-state index in [1.54, 1.807) is 23.1 Å². The molecule has 3 rings (SSSR count). The third kappa shape index (κ3) is 3.13. The van der Waals surface area contributed by atoms with Crippen molar-refractivity contribution in [2.75, 3.05) is 19.7 Å². The van der Waals surface area contributed by atoms with Crippen molar-refractivity contribution in [2.24, 2.45) is 0 Å². The summed E-state index contributed by atoms with van der Waals surface area (Å²) in [7, 11) is 0. The fraction of sp³-hybridized carbons (Fsp3) is 0.235. The van der Waals surface area contributed by atoms with Gasteiger partial charge < -0.3 is 9.64 Å². The lowest BCUT2D eigenvalue weighted by Gasteiger charge is -2.33. The molecule has 0 radical (unpaired) electrons. The Kier molecular flexibility index (Phi) is 4.41. The predicted molar refractivity (Wildman–Crippen MR) is 82.4 cm³/mol. The molecule has 1 aliphatic rings. The smallest absolute Gasteiger partial charge is 0.257 e. The standard InChI is InChI=1S/C17H15ClFNO2/c18-13-5-3-4-12(10-13)16-11-20(8-9-22-16)17(21)14-6-1-2-7-15(14)19/h1-7,10,16H,8-9,11H2. The number of rotatable bonds is 2. The summed E-state index contributed by atoms with van der Waals surface area (Å²) in [4.78, 5) is 14.1. The lowest BCUT2D eigenvalue weighted by atomic mass is 10.1. The van der Waals surface area contributed by atoms with E-state index in [9.17, 15) is 9.18 Å². The average Bonchev–Trinajstić information content (AvgIpc) is 2.55. The maximum absolute atomic E-state index is 13.8. The zero-order chi connectivity index (χ0) is 15.5. The van der Waals surface area contributed by atoms with Gasteiger partial charge in [-0.15, -0.1) is 0 Å². The van der Waals surface area contributed by atoms with Crippen LogP contribution in [0.2, 0.25) is 5.02 Å². The van der Waals surface area contributed by atoms with Gasteiger partial charge in [0.2, 0.25) is 0 Å². The molecule has 3 nitrogen and oxygen atoms in total. The van der Waals surface area contributed by atoms with E-state index in [0.29, 0.717) is 24.7 Å². The number of amides is 1. The van der Waals surface area contributed by atoms with Crippen LogP contribution < -0.4 is 0 Å². The first-order valence-electron chi connectivity index (χ1n) is 7.06. The maximum atomic E-state index is 13.8. The fourth-order valence-corrected chi connectivity index (χ4v) is 2.75. The number of hydrogen-bond acceptors (Lipinski definition) is 2. The summed E-state index contributed by atoms with van der Waals surface area (Å²) in [6.07, 6.45) is -0.247. The molecule has 2 aromatic carbocycles. The third-order valence-corrected chi connectivity index (χ3v) is 3.91. The summed E-state index contributed by atoms with van der Waals surface area (Å²) in [6, 6.07) is 13.4. The number of carbonyl (C=O) groups excluding carboxylic acids is 1. The first-order valence-corrected chi connectivity index (χ1v) is 7.44. The zero-order valence-electron chi connectivity index (χ0n) is 11.8. The minimum Gasteiger partial charge on any atom is -0.370 e. The van der Waals surface area contributed by atoms with Gasteiger partial charge in [0.1, 0.15) is 11.9 Å². The van der Waals surface area contributed by atoms with Crippen LogP contribution in [0.4, 0.5) is 4.39 Å². The van der Waals surface area contributed by atoms with Crippen molar-refractivity contribution in [3.63, 3.8) is 0 Å². The van der Waals surface area contributed by atoms with E-state index in [-0.39, 0.29) is 17.6 Å². The Labute approximate surface area is 133 Å². The fourth-order valence-electron chi connectivity index (χ4n) is 2.55. The Morgan fingerprint density at radius 2 is 2.05 bits per heavy atom. The van der Waals surface area contributed by atoms with Gasteiger partial charge in [0, 0.05) is 11.6 Å². The van der Waals surface area contributed by atoms with E-state index >= 15 is 0 Å².